The van der Waals surface area contributed by atoms with Crippen LogP contribution in [0.2, 0.25) is 0 Å². The van der Waals surface area contributed by atoms with Gasteiger partial charge in [-0.3, -0.25) is 10.1 Å². The van der Waals surface area contributed by atoms with E-state index in [0.29, 0.717) is 0 Å². The molecule has 0 aliphatic heterocycles. The molecule has 2 aromatic carbocycles. The van der Waals surface area contributed by atoms with Crippen molar-refractivity contribution < 1.29 is 4.92 Å². The minimum absolute atomic E-state index is 0.0416. The maximum absolute atomic E-state index is 10.7. The third-order valence-corrected chi connectivity index (χ3v) is 3.51. The molecule has 1 heterocycles. The summed E-state index contributed by atoms with van der Waals surface area (Å²) in [5, 5.41) is 18.1. The number of hydrogen-bond acceptors (Lipinski definition) is 5. The molecule has 0 bridgehead atoms. The van der Waals surface area contributed by atoms with Crippen LogP contribution in [-0.4, -0.2) is 19.7 Å². The molecule has 3 rings (SSSR count). The predicted octanol–water partition coefficient (Wildman–Crippen LogP) is 3.35. The maximum atomic E-state index is 10.7. The summed E-state index contributed by atoms with van der Waals surface area (Å²) in [7, 11) is 0. The third kappa shape index (κ3) is 3.34. The second-order valence-electron chi connectivity index (χ2n) is 5.11. The molecule has 1 N–H and O–H groups in total. The van der Waals surface area contributed by atoms with E-state index < -0.39 is 4.92 Å². The number of nitro groups is 1. The second kappa shape index (κ2) is 6.27. The highest BCUT2D eigenvalue weighted by molar-refractivity contribution is 5.50. The van der Waals surface area contributed by atoms with Crippen LogP contribution in [-0.2, 0) is 0 Å². The van der Waals surface area contributed by atoms with Crippen molar-refractivity contribution in [2.75, 3.05) is 5.32 Å². The van der Waals surface area contributed by atoms with Crippen LogP contribution >= 0.6 is 0 Å². The number of anilines is 1. The van der Waals surface area contributed by atoms with Gasteiger partial charge >= 0.3 is 0 Å². The smallest absolute Gasteiger partial charge is 0.269 e. The minimum Gasteiger partial charge on any atom is -0.379 e. The van der Waals surface area contributed by atoms with Gasteiger partial charge in [-0.05, 0) is 36.8 Å². The van der Waals surface area contributed by atoms with Crippen LogP contribution in [0.1, 0.15) is 18.5 Å². The van der Waals surface area contributed by atoms with Gasteiger partial charge in [-0.15, -0.1) is 0 Å². The van der Waals surface area contributed by atoms with E-state index in [2.05, 4.69) is 15.4 Å². The number of aromatic nitrogens is 3. The van der Waals surface area contributed by atoms with Crippen molar-refractivity contribution in [3.63, 3.8) is 0 Å². The van der Waals surface area contributed by atoms with E-state index >= 15 is 0 Å². The van der Waals surface area contributed by atoms with E-state index in [1.54, 1.807) is 23.1 Å². The Morgan fingerprint density at radius 1 is 1.22 bits per heavy atom. The lowest BCUT2D eigenvalue weighted by Gasteiger charge is -2.16. The van der Waals surface area contributed by atoms with E-state index in [4.69, 9.17) is 0 Å². The Hall–Kier alpha value is -3.22. The molecule has 0 aliphatic rings. The van der Waals surface area contributed by atoms with Crippen LogP contribution < -0.4 is 5.32 Å². The molecule has 0 saturated carbocycles. The van der Waals surface area contributed by atoms with Crippen molar-refractivity contribution in [1.29, 1.82) is 0 Å². The molecule has 0 radical (unpaired) electrons. The van der Waals surface area contributed by atoms with E-state index in [-0.39, 0.29) is 11.7 Å². The molecular formula is C16H15N5O2. The molecule has 3 aromatic rings. The zero-order valence-corrected chi connectivity index (χ0v) is 12.5. The van der Waals surface area contributed by atoms with Crippen molar-refractivity contribution in [2.45, 2.75) is 13.0 Å². The fourth-order valence-corrected chi connectivity index (χ4v) is 2.29. The van der Waals surface area contributed by atoms with Crippen LogP contribution in [0.15, 0.2) is 61.2 Å². The Bertz CT molecular complexity index is 800. The zero-order chi connectivity index (χ0) is 16.2. The largest absolute Gasteiger partial charge is 0.379 e. The molecule has 0 fully saturated rings. The Morgan fingerprint density at radius 3 is 2.65 bits per heavy atom. The summed E-state index contributed by atoms with van der Waals surface area (Å²) >= 11 is 0. The summed E-state index contributed by atoms with van der Waals surface area (Å²) in [5.41, 5.74) is 2.92. The van der Waals surface area contributed by atoms with Crippen LogP contribution in [0.4, 0.5) is 11.4 Å². The lowest BCUT2D eigenvalue weighted by atomic mass is 10.1. The molecule has 7 heteroatoms. The van der Waals surface area contributed by atoms with Crippen molar-refractivity contribution in [1.82, 2.24) is 14.8 Å². The summed E-state index contributed by atoms with van der Waals surface area (Å²) in [4.78, 5) is 14.2. The first-order valence-electron chi connectivity index (χ1n) is 7.09. The highest BCUT2D eigenvalue weighted by Crippen LogP contribution is 2.22. The summed E-state index contributed by atoms with van der Waals surface area (Å²) in [6.07, 6.45) is 3.14. The number of rotatable bonds is 5. The number of nitrogens with one attached hydrogen (secondary N) is 1. The predicted molar refractivity (Wildman–Crippen MR) is 86.5 cm³/mol. The first-order chi connectivity index (χ1) is 11.1. The average Bonchev–Trinajstić information content (AvgIpc) is 3.10. The molecule has 0 spiro atoms. The highest BCUT2D eigenvalue weighted by atomic mass is 16.6. The van der Waals surface area contributed by atoms with E-state index in [1.165, 1.54) is 18.5 Å². The van der Waals surface area contributed by atoms with Gasteiger partial charge in [0.05, 0.1) is 10.6 Å². The van der Waals surface area contributed by atoms with Crippen molar-refractivity contribution >= 4 is 11.4 Å². The van der Waals surface area contributed by atoms with Crippen LogP contribution in [0.3, 0.4) is 0 Å². The van der Waals surface area contributed by atoms with Crippen molar-refractivity contribution in [2.24, 2.45) is 0 Å². The van der Waals surface area contributed by atoms with Gasteiger partial charge < -0.3 is 5.32 Å². The standard InChI is InChI=1S/C16H15N5O2/c1-12(19-14-5-7-15(8-6-14)21(22)23)13-3-2-4-16(9-13)20-11-17-10-18-20/h2-12,19H,1H3/t12-/m0/s1. The average molecular weight is 309 g/mol. The normalized spacial score (nSPS) is 11.9. The maximum Gasteiger partial charge on any atom is 0.269 e. The fraction of sp³-hybridized carbons (Fsp3) is 0.125. The summed E-state index contributed by atoms with van der Waals surface area (Å²) in [6.45, 7) is 2.03. The summed E-state index contributed by atoms with van der Waals surface area (Å²) in [6, 6.07) is 14.4. The number of non-ortho nitro benzene ring substituents is 1. The first-order valence-corrected chi connectivity index (χ1v) is 7.09. The van der Waals surface area contributed by atoms with E-state index in [0.717, 1.165) is 16.9 Å². The zero-order valence-electron chi connectivity index (χ0n) is 12.5. The van der Waals surface area contributed by atoms with Gasteiger partial charge in [0.15, 0.2) is 0 Å². The van der Waals surface area contributed by atoms with Gasteiger partial charge in [-0.1, -0.05) is 12.1 Å². The molecular weight excluding hydrogens is 294 g/mol. The first kappa shape index (κ1) is 14.7. The summed E-state index contributed by atoms with van der Waals surface area (Å²) in [5.74, 6) is 0. The molecule has 23 heavy (non-hydrogen) atoms. The lowest BCUT2D eigenvalue weighted by Crippen LogP contribution is -2.07. The number of hydrogen-bond donors (Lipinski definition) is 1. The number of nitrogens with zero attached hydrogens (tertiary/aromatic N) is 4. The van der Waals surface area contributed by atoms with Crippen LogP contribution in [0.25, 0.3) is 5.69 Å². The van der Waals surface area contributed by atoms with Crippen molar-refractivity contribution in [3.8, 4) is 5.69 Å². The molecule has 0 unspecified atom stereocenters. The molecule has 1 atom stereocenters. The minimum atomic E-state index is -0.408. The van der Waals surface area contributed by atoms with Crippen LogP contribution in [0, 0.1) is 10.1 Å². The van der Waals surface area contributed by atoms with Gasteiger partial charge in [0.1, 0.15) is 12.7 Å². The quantitative estimate of drug-likeness (QED) is 0.577. The molecule has 116 valence electrons. The SMILES string of the molecule is C[C@H](Nc1ccc([N+](=O)[O-])cc1)c1cccc(-n2cncn2)c1. The highest BCUT2D eigenvalue weighted by Gasteiger charge is 2.09. The van der Waals surface area contributed by atoms with Crippen LogP contribution in [0.5, 0.6) is 0 Å². The van der Waals surface area contributed by atoms with Gasteiger partial charge in [-0.25, -0.2) is 9.67 Å². The molecule has 7 nitrogen and oxygen atoms in total. The second-order valence-corrected chi connectivity index (χ2v) is 5.11. The monoisotopic (exact) mass is 309 g/mol. The molecule has 0 saturated heterocycles. The van der Waals surface area contributed by atoms with E-state index in [9.17, 15) is 10.1 Å². The molecule has 0 aliphatic carbocycles. The molecule has 1 aromatic heterocycles. The fourth-order valence-electron chi connectivity index (χ4n) is 2.29. The third-order valence-electron chi connectivity index (χ3n) is 3.51. The van der Waals surface area contributed by atoms with Crippen molar-refractivity contribution in [3.05, 3.63) is 76.9 Å². The summed E-state index contributed by atoms with van der Waals surface area (Å²) < 4.78 is 1.70. The topological polar surface area (TPSA) is 85.9 Å². The van der Waals surface area contributed by atoms with Gasteiger partial charge in [0, 0.05) is 23.9 Å². The number of nitro benzene ring substituents is 1. The van der Waals surface area contributed by atoms with Gasteiger partial charge in [-0.2, -0.15) is 5.10 Å². The van der Waals surface area contributed by atoms with E-state index in [1.807, 2.05) is 31.2 Å². The Morgan fingerprint density at radius 2 is 2.00 bits per heavy atom. The van der Waals surface area contributed by atoms with Gasteiger partial charge in [0.25, 0.3) is 5.69 Å². The Balaban J connectivity index is 1.76. The molecule has 0 amide bonds. The number of benzene rings is 2. The van der Waals surface area contributed by atoms with Gasteiger partial charge in [0.2, 0.25) is 0 Å². The Kier molecular flexibility index (Phi) is 4.01. The lowest BCUT2D eigenvalue weighted by molar-refractivity contribution is -0.384. The Labute approximate surface area is 132 Å².